The number of hydrogen-bond acceptors (Lipinski definition) is 6. The number of piperidine rings is 1. The van der Waals surface area contributed by atoms with Crippen LogP contribution in [0.15, 0.2) is 57.5 Å². The van der Waals surface area contributed by atoms with E-state index in [2.05, 4.69) is 36.3 Å². The van der Waals surface area contributed by atoms with Gasteiger partial charge >= 0.3 is 0 Å². The summed E-state index contributed by atoms with van der Waals surface area (Å²) in [5.74, 6) is 1.72. The molecule has 0 bridgehead atoms. The van der Waals surface area contributed by atoms with Gasteiger partial charge in [-0.05, 0) is 50.6 Å². The minimum absolute atomic E-state index is 0.0113. The minimum atomic E-state index is -0.101. The van der Waals surface area contributed by atoms with Crippen LogP contribution in [0.3, 0.4) is 0 Å². The molecule has 1 saturated heterocycles. The van der Waals surface area contributed by atoms with E-state index in [1.807, 2.05) is 55.5 Å². The van der Waals surface area contributed by atoms with Crippen LogP contribution >= 0.6 is 15.9 Å². The number of nitrogens with one attached hydrogen (secondary N) is 1. The van der Waals surface area contributed by atoms with E-state index in [4.69, 9.17) is 9.26 Å². The van der Waals surface area contributed by atoms with E-state index < -0.39 is 0 Å². The average molecular weight is 485 g/mol. The maximum absolute atomic E-state index is 12.9. The molecule has 31 heavy (non-hydrogen) atoms. The molecule has 7 nitrogen and oxygen atoms in total. The Morgan fingerprint density at radius 3 is 3.00 bits per heavy atom. The van der Waals surface area contributed by atoms with Crippen molar-refractivity contribution in [1.29, 1.82) is 0 Å². The van der Waals surface area contributed by atoms with Gasteiger partial charge in [-0.25, -0.2) is 0 Å². The number of amides is 1. The van der Waals surface area contributed by atoms with Gasteiger partial charge in [-0.3, -0.25) is 9.69 Å². The topological polar surface area (TPSA) is 80.5 Å². The molecule has 8 heteroatoms. The largest absolute Gasteiger partial charge is 0.492 e. The molecular formula is C23H25BrN4O3. The molecule has 1 fully saturated rings. The van der Waals surface area contributed by atoms with Gasteiger partial charge in [0, 0.05) is 16.6 Å². The van der Waals surface area contributed by atoms with Crippen LogP contribution in [0.5, 0.6) is 5.75 Å². The number of halogens is 1. The molecule has 1 aromatic heterocycles. The number of anilines is 1. The Morgan fingerprint density at radius 2 is 2.16 bits per heavy atom. The lowest BCUT2D eigenvalue weighted by Gasteiger charge is -2.31. The van der Waals surface area contributed by atoms with Crippen LogP contribution < -0.4 is 10.1 Å². The van der Waals surface area contributed by atoms with E-state index in [9.17, 15) is 4.79 Å². The van der Waals surface area contributed by atoms with E-state index in [1.54, 1.807) is 0 Å². The summed E-state index contributed by atoms with van der Waals surface area (Å²) in [7, 11) is 0. The van der Waals surface area contributed by atoms with Gasteiger partial charge in [-0.2, -0.15) is 4.98 Å². The summed E-state index contributed by atoms with van der Waals surface area (Å²) >= 11 is 3.46. The molecule has 1 aliphatic heterocycles. The van der Waals surface area contributed by atoms with Crippen molar-refractivity contribution >= 4 is 27.5 Å². The number of rotatable bonds is 7. The minimum Gasteiger partial charge on any atom is -0.492 e. The molecule has 0 aliphatic carbocycles. The highest BCUT2D eigenvalue weighted by molar-refractivity contribution is 9.10. The first kappa shape index (κ1) is 21.5. The van der Waals surface area contributed by atoms with Crippen molar-refractivity contribution in [2.75, 3.05) is 25.0 Å². The van der Waals surface area contributed by atoms with Crippen molar-refractivity contribution in [1.82, 2.24) is 15.0 Å². The molecule has 1 unspecified atom stereocenters. The molecule has 2 aromatic carbocycles. The van der Waals surface area contributed by atoms with Gasteiger partial charge in [0.2, 0.25) is 17.6 Å². The molecule has 1 atom stereocenters. The number of ether oxygens (including phenoxy) is 1. The summed E-state index contributed by atoms with van der Waals surface area (Å²) in [6.07, 6.45) is 1.80. The van der Waals surface area contributed by atoms with Crippen molar-refractivity contribution in [3.63, 3.8) is 0 Å². The van der Waals surface area contributed by atoms with Gasteiger partial charge in [0.1, 0.15) is 5.75 Å². The molecule has 4 rings (SSSR count). The third-order valence-electron chi connectivity index (χ3n) is 5.23. The van der Waals surface area contributed by atoms with E-state index in [0.29, 0.717) is 42.8 Å². The highest BCUT2D eigenvalue weighted by Gasteiger charge is 2.27. The van der Waals surface area contributed by atoms with Gasteiger partial charge in [0.15, 0.2) is 0 Å². The second-order valence-corrected chi connectivity index (χ2v) is 8.43. The zero-order valence-corrected chi connectivity index (χ0v) is 19.0. The summed E-state index contributed by atoms with van der Waals surface area (Å²) in [5.41, 5.74) is 1.61. The lowest BCUT2D eigenvalue weighted by atomic mass is 9.97. The van der Waals surface area contributed by atoms with Crippen LogP contribution in [0.1, 0.15) is 25.7 Å². The van der Waals surface area contributed by atoms with Crippen LogP contribution in [0.25, 0.3) is 11.4 Å². The third kappa shape index (κ3) is 5.51. The van der Waals surface area contributed by atoms with Crippen molar-refractivity contribution < 1.29 is 14.1 Å². The van der Waals surface area contributed by atoms with Crippen LogP contribution in [0, 0.1) is 5.92 Å². The fraction of sp³-hybridized carbons (Fsp3) is 0.348. The Labute approximate surface area is 189 Å². The number of carbonyl (C=O) groups excluding carboxylic acids is 1. The molecule has 162 valence electrons. The molecule has 1 aliphatic rings. The SMILES string of the molecule is CCOc1ccccc1NC(=O)C1CCCN(Cc2nc(-c3cccc(Br)c3)no2)C1. The maximum Gasteiger partial charge on any atom is 0.241 e. The predicted octanol–water partition coefficient (Wildman–Crippen LogP) is 4.75. The average Bonchev–Trinajstić information content (AvgIpc) is 3.24. The van der Waals surface area contributed by atoms with E-state index in [-0.39, 0.29) is 11.8 Å². The van der Waals surface area contributed by atoms with Crippen molar-refractivity contribution in [2.24, 2.45) is 5.92 Å². The van der Waals surface area contributed by atoms with Crippen LogP contribution in [-0.2, 0) is 11.3 Å². The quantitative estimate of drug-likeness (QED) is 0.521. The maximum atomic E-state index is 12.9. The normalized spacial score (nSPS) is 16.8. The fourth-order valence-electron chi connectivity index (χ4n) is 3.75. The number of aromatic nitrogens is 2. The number of nitrogens with zero attached hydrogens (tertiary/aromatic N) is 3. The van der Waals surface area contributed by atoms with Gasteiger partial charge in [-0.1, -0.05) is 45.4 Å². The Kier molecular flexibility index (Phi) is 6.99. The highest BCUT2D eigenvalue weighted by Crippen LogP contribution is 2.26. The second kappa shape index (κ2) is 10.1. The monoisotopic (exact) mass is 484 g/mol. The number of benzene rings is 2. The van der Waals surface area contributed by atoms with Crippen molar-refractivity contribution in [3.8, 4) is 17.1 Å². The van der Waals surface area contributed by atoms with Gasteiger partial charge in [0.25, 0.3) is 0 Å². The third-order valence-corrected chi connectivity index (χ3v) is 5.72. The molecule has 0 radical (unpaired) electrons. The second-order valence-electron chi connectivity index (χ2n) is 7.51. The molecule has 1 N–H and O–H groups in total. The first-order chi connectivity index (χ1) is 15.1. The van der Waals surface area contributed by atoms with E-state index in [0.717, 1.165) is 29.4 Å². The van der Waals surface area contributed by atoms with Crippen LogP contribution in [0.2, 0.25) is 0 Å². The summed E-state index contributed by atoms with van der Waals surface area (Å²) in [6, 6.07) is 15.3. The summed E-state index contributed by atoms with van der Waals surface area (Å²) in [4.78, 5) is 19.6. The van der Waals surface area contributed by atoms with Crippen molar-refractivity contribution in [2.45, 2.75) is 26.3 Å². The highest BCUT2D eigenvalue weighted by atomic mass is 79.9. The Balaban J connectivity index is 1.37. The summed E-state index contributed by atoms with van der Waals surface area (Å²) in [5, 5.41) is 7.14. The van der Waals surface area contributed by atoms with Gasteiger partial charge in [-0.15, -0.1) is 0 Å². The number of hydrogen-bond donors (Lipinski definition) is 1. The lowest BCUT2D eigenvalue weighted by molar-refractivity contribution is -0.121. The molecule has 2 heterocycles. The van der Waals surface area contributed by atoms with Gasteiger partial charge in [0.05, 0.1) is 24.8 Å². The lowest BCUT2D eigenvalue weighted by Crippen LogP contribution is -2.40. The molecule has 1 amide bonds. The Bertz CT molecular complexity index is 1040. The zero-order chi connectivity index (χ0) is 21.6. The standard InChI is InChI=1S/C23H25BrN4O3/c1-2-30-20-11-4-3-10-19(20)25-23(29)17-8-6-12-28(14-17)15-21-26-22(27-31-21)16-7-5-9-18(24)13-16/h3-5,7,9-11,13,17H,2,6,8,12,14-15H2,1H3,(H,25,29). The smallest absolute Gasteiger partial charge is 0.241 e. The van der Waals surface area contributed by atoms with E-state index in [1.165, 1.54) is 0 Å². The van der Waals surface area contributed by atoms with Gasteiger partial charge < -0.3 is 14.6 Å². The molecule has 0 saturated carbocycles. The molecule has 0 spiro atoms. The van der Waals surface area contributed by atoms with Crippen LogP contribution in [0.4, 0.5) is 5.69 Å². The Morgan fingerprint density at radius 1 is 1.29 bits per heavy atom. The predicted molar refractivity (Wildman–Crippen MR) is 122 cm³/mol. The van der Waals surface area contributed by atoms with Crippen molar-refractivity contribution in [3.05, 3.63) is 58.9 Å². The first-order valence-corrected chi connectivity index (χ1v) is 11.2. The number of carbonyl (C=O) groups is 1. The molecular weight excluding hydrogens is 460 g/mol. The first-order valence-electron chi connectivity index (χ1n) is 10.5. The number of para-hydroxylation sites is 2. The molecule has 3 aromatic rings. The van der Waals surface area contributed by atoms with E-state index >= 15 is 0 Å². The number of likely N-dealkylation sites (tertiary alicyclic amines) is 1. The fourth-order valence-corrected chi connectivity index (χ4v) is 4.15. The Hall–Kier alpha value is -2.71. The zero-order valence-electron chi connectivity index (χ0n) is 17.4. The summed E-state index contributed by atoms with van der Waals surface area (Å²) in [6.45, 7) is 4.55. The summed E-state index contributed by atoms with van der Waals surface area (Å²) < 4.78 is 12.0. The van der Waals surface area contributed by atoms with Crippen LogP contribution in [-0.4, -0.2) is 40.6 Å².